The average molecular weight is 112 g/mol. The summed E-state index contributed by atoms with van der Waals surface area (Å²) in [5.74, 6) is 0.264. The Morgan fingerprint density at radius 2 is 2.75 bits per heavy atom. The van der Waals surface area contributed by atoms with Gasteiger partial charge in [-0.15, -0.1) is 0 Å². The first-order valence-corrected chi connectivity index (χ1v) is 1.87. The Bertz CT molecular complexity index is 158. The molecule has 0 aliphatic heterocycles. The quantitative estimate of drug-likeness (QED) is 0.545. The van der Waals surface area contributed by atoms with Crippen LogP contribution in [0.1, 0.15) is 0 Å². The highest BCUT2D eigenvalue weighted by molar-refractivity contribution is 5.44. The van der Waals surface area contributed by atoms with Crippen molar-refractivity contribution in [1.82, 2.24) is 5.16 Å². The van der Waals surface area contributed by atoms with E-state index in [1.165, 1.54) is 18.9 Å². The van der Waals surface area contributed by atoms with E-state index in [1.807, 2.05) is 0 Å². The van der Waals surface area contributed by atoms with Crippen molar-refractivity contribution < 1.29 is 14.1 Å². The Kier molecular flexibility index (Phi) is 1.27. The fourth-order valence-corrected chi connectivity index (χ4v) is 0.294. The number of hydrogen-bond donors (Lipinski definition) is 0. The van der Waals surface area contributed by atoms with Gasteiger partial charge in [0.15, 0.2) is 12.0 Å². The molecule has 0 amide bonds. The Morgan fingerprint density at radius 1 is 1.88 bits per heavy atom. The molecule has 1 rings (SSSR count). The maximum absolute atomic E-state index is 9.46. The van der Waals surface area contributed by atoms with Gasteiger partial charge in [0.1, 0.15) is 6.20 Å². The summed E-state index contributed by atoms with van der Waals surface area (Å²) < 4.78 is 8.50. The Morgan fingerprint density at radius 3 is 3.25 bits per heavy atom. The molecule has 1 heterocycles. The minimum absolute atomic E-state index is 0.264. The molecule has 0 aliphatic rings. The van der Waals surface area contributed by atoms with Crippen LogP contribution < -0.4 is 4.74 Å². The predicted octanol–water partition coefficient (Wildman–Crippen LogP) is 0.121. The predicted molar refractivity (Wildman–Crippen MR) is 22.8 cm³/mol. The molecule has 0 aromatic carbocycles. The average Bonchev–Trinajstić information content (AvgIpc) is 2.19. The smallest absolute Gasteiger partial charge is 0.413 e. The van der Waals surface area contributed by atoms with Gasteiger partial charge in [-0.3, -0.25) is 0 Å². The maximum Gasteiger partial charge on any atom is 0.423 e. The fourth-order valence-electron chi connectivity index (χ4n) is 0.294. The topological polar surface area (TPSA) is 52.3 Å². The van der Waals surface area contributed by atoms with Crippen molar-refractivity contribution in [3.8, 4) is 5.75 Å². The first-order valence-electron chi connectivity index (χ1n) is 1.87. The summed E-state index contributed by atoms with van der Waals surface area (Å²) in [6, 6.07) is 0. The van der Waals surface area contributed by atoms with Gasteiger partial charge in [-0.25, -0.2) is 4.79 Å². The molecule has 1 aromatic heterocycles. The molecular weight excluding hydrogens is 110 g/mol. The zero-order chi connectivity index (χ0) is 5.82. The van der Waals surface area contributed by atoms with Crippen molar-refractivity contribution >= 4 is 6.47 Å². The van der Waals surface area contributed by atoms with Crippen LogP contribution in [0, 0.1) is 0 Å². The van der Waals surface area contributed by atoms with Crippen molar-refractivity contribution in [2.75, 3.05) is 0 Å². The van der Waals surface area contributed by atoms with Crippen LogP contribution in [0.25, 0.3) is 0 Å². The van der Waals surface area contributed by atoms with Gasteiger partial charge < -0.3 is 9.26 Å². The minimum Gasteiger partial charge on any atom is -0.413 e. The number of nitrogens with zero attached hydrogens (tertiary/aromatic N) is 1. The second-order valence-corrected chi connectivity index (χ2v) is 1.05. The van der Waals surface area contributed by atoms with Gasteiger partial charge in [0, 0.05) is 0 Å². The molecule has 0 aliphatic carbocycles. The molecule has 0 saturated heterocycles. The molecule has 0 atom stereocenters. The number of ether oxygens (including phenoxy) is 1. The Hall–Kier alpha value is -1.32. The van der Waals surface area contributed by atoms with Gasteiger partial charge >= 0.3 is 6.47 Å². The number of rotatable bonds is 2. The van der Waals surface area contributed by atoms with Crippen LogP contribution in [-0.4, -0.2) is 11.6 Å². The molecule has 0 bridgehead atoms. The lowest BCUT2D eigenvalue weighted by Crippen LogP contribution is -1.83. The third-order valence-corrected chi connectivity index (χ3v) is 0.569. The van der Waals surface area contributed by atoms with E-state index in [1.54, 1.807) is 0 Å². The van der Waals surface area contributed by atoms with Crippen LogP contribution in [0.4, 0.5) is 0 Å². The summed E-state index contributed by atoms with van der Waals surface area (Å²) in [5, 5.41) is 3.26. The molecule has 41 valence electrons. The van der Waals surface area contributed by atoms with Crippen LogP contribution in [0.5, 0.6) is 5.75 Å². The fraction of sp³-hybridized carbons (Fsp3) is 0. The molecule has 4 heteroatoms. The highest BCUT2D eigenvalue weighted by atomic mass is 16.5. The third kappa shape index (κ3) is 0.841. The normalized spacial score (nSPS) is 8.50. The molecule has 1 radical (unpaired) electrons. The number of aromatic nitrogens is 1. The molecule has 0 saturated carbocycles. The molecule has 1 aromatic rings. The second-order valence-electron chi connectivity index (χ2n) is 1.05. The van der Waals surface area contributed by atoms with E-state index in [0.717, 1.165) is 0 Å². The maximum atomic E-state index is 9.46. The van der Waals surface area contributed by atoms with Crippen LogP contribution in [-0.2, 0) is 4.79 Å². The van der Waals surface area contributed by atoms with Gasteiger partial charge in [-0.05, 0) is 0 Å². The summed E-state index contributed by atoms with van der Waals surface area (Å²) >= 11 is 0. The van der Waals surface area contributed by atoms with Gasteiger partial charge in [0.2, 0.25) is 0 Å². The zero-order valence-electron chi connectivity index (χ0n) is 3.83. The molecule has 8 heavy (non-hydrogen) atoms. The second kappa shape index (κ2) is 2.11. The largest absolute Gasteiger partial charge is 0.423 e. The monoisotopic (exact) mass is 112 g/mol. The first-order chi connectivity index (χ1) is 3.93. The molecule has 4 nitrogen and oxygen atoms in total. The number of hydrogen-bond acceptors (Lipinski definition) is 4. The Balaban J connectivity index is 2.62. The lowest BCUT2D eigenvalue weighted by Gasteiger charge is -1.79. The summed E-state index contributed by atoms with van der Waals surface area (Å²) in [6.45, 7) is 1.22. The van der Waals surface area contributed by atoms with Gasteiger partial charge in [-0.2, -0.15) is 0 Å². The van der Waals surface area contributed by atoms with Crippen molar-refractivity contribution in [1.29, 1.82) is 0 Å². The SMILES string of the molecule is O=[C]Oc1cnoc1. The zero-order valence-corrected chi connectivity index (χ0v) is 3.83. The minimum atomic E-state index is 0.264. The first kappa shape index (κ1) is 4.83. The summed E-state index contributed by atoms with van der Waals surface area (Å²) in [4.78, 5) is 9.46. The van der Waals surface area contributed by atoms with Crippen molar-refractivity contribution in [3.05, 3.63) is 12.5 Å². The van der Waals surface area contributed by atoms with Crippen LogP contribution >= 0.6 is 0 Å². The standard InChI is InChI=1S/C4H2NO3/c6-3-7-4-1-5-8-2-4/h1-2H. The van der Waals surface area contributed by atoms with E-state index in [0.29, 0.717) is 0 Å². The van der Waals surface area contributed by atoms with Gasteiger partial charge in [-0.1, -0.05) is 5.16 Å². The lowest BCUT2D eigenvalue weighted by molar-refractivity contribution is 0.408. The summed E-state index contributed by atoms with van der Waals surface area (Å²) in [7, 11) is 0. The Labute approximate surface area is 45.0 Å². The molecule has 0 unspecified atom stereocenters. The summed E-state index contributed by atoms with van der Waals surface area (Å²) in [6.07, 6.45) is 2.47. The van der Waals surface area contributed by atoms with Gasteiger partial charge in [0.25, 0.3) is 0 Å². The molecule has 0 fully saturated rings. The highest BCUT2D eigenvalue weighted by Crippen LogP contribution is 2.04. The number of carbonyl (C=O) groups excluding carboxylic acids is 1. The van der Waals surface area contributed by atoms with E-state index >= 15 is 0 Å². The van der Waals surface area contributed by atoms with Crippen molar-refractivity contribution in [3.63, 3.8) is 0 Å². The van der Waals surface area contributed by atoms with E-state index in [2.05, 4.69) is 14.4 Å². The summed E-state index contributed by atoms with van der Waals surface area (Å²) in [5.41, 5.74) is 0. The van der Waals surface area contributed by atoms with E-state index in [9.17, 15) is 4.79 Å². The van der Waals surface area contributed by atoms with Crippen molar-refractivity contribution in [2.24, 2.45) is 0 Å². The van der Waals surface area contributed by atoms with E-state index < -0.39 is 0 Å². The lowest BCUT2D eigenvalue weighted by atomic mass is 10.7. The molecular formula is C4H2NO3. The van der Waals surface area contributed by atoms with Crippen LogP contribution in [0.3, 0.4) is 0 Å². The van der Waals surface area contributed by atoms with Gasteiger partial charge in [0.05, 0.1) is 0 Å². The van der Waals surface area contributed by atoms with Crippen LogP contribution in [0.2, 0.25) is 0 Å². The molecule has 0 N–H and O–H groups in total. The van der Waals surface area contributed by atoms with E-state index in [-0.39, 0.29) is 5.75 Å². The third-order valence-electron chi connectivity index (χ3n) is 0.569. The molecule has 0 spiro atoms. The van der Waals surface area contributed by atoms with Crippen LogP contribution in [0.15, 0.2) is 17.0 Å². The highest BCUT2D eigenvalue weighted by Gasteiger charge is 1.91. The van der Waals surface area contributed by atoms with E-state index in [4.69, 9.17) is 0 Å². The van der Waals surface area contributed by atoms with Crippen molar-refractivity contribution in [2.45, 2.75) is 0 Å².